The Hall–Kier alpha value is -1.10. The van der Waals surface area contributed by atoms with Gasteiger partial charge in [-0.25, -0.2) is 0 Å². The fraction of sp³-hybridized carbons (Fsp3) is 0.625. The van der Waals surface area contributed by atoms with Crippen molar-refractivity contribution in [3.63, 3.8) is 0 Å². The van der Waals surface area contributed by atoms with Gasteiger partial charge in [0.2, 0.25) is 0 Å². The van der Waals surface area contributed by atoms with Gasteiger partial charge in [0, 0.05) is 31.6 Å². The molecule has 2 N–H and O–H groups in total. The van der Waals surface area contributed by atoms with Gasteiger partial charge in [-0.05, 0) is 12.0 Å². The normalized spacial score (nSPS) is 26.9. The lowest BCUT2D eigenvalue weighted by Crippen LogP contribution is -2.57. The van der Waals surface area contributed by atoms with Crippen LogP contribution in [-0.4, -0.2) is 44.4 Å². The van der Waals surface area contributed by atoms with Crippen LogP contribution in [0.4, 0.5) is 0 Å². The molecule has 2 heterocycles. The predicted molar refractivity (Wildman–Crippen MR) is 79.1 cm³/mol. The molecule has 0 amide bonds. The fourth-order valence-electron chi connectivity index (χ4n) is 3.52. The Morgan fingerprint density at radius 1 is 1.25 bits per heavy atom. The summed E-state index contributed by atoms with van der Waals surface area (Å²) in [4.78, 5) is 2.50. The highest BCUT2D eigenvalue weighted by Crippen LogP contribution is 2.42. The Kier molecular flexibility index (Phi) is 3.96. The molecule has 20 heavy (non-hydrogen) atoms. The molecule has 0 aliphatic carbocycles. The summed E-state index contributed by atoms with van der Waals surface area (Å²) in [6.07, 6.45) is 1.95. The topological polar surface area (TPSA) is 47.7 Å². The van der Waals surface area contributed by atoms with Crippen molar-refractivity contribution in [2.24, 2.45) is 5.73 Å². The molecular formula is C16H24N2O2. The van der Waals surface area contributed by atoms with Crippen LogP contribution in [0.25, 0.3) is 0 Å². The maximum Gasteiger partial charge on any atom is 0.127 e. The molecule has 1 aromatic carbocycles. The summed E-state index contributed by atoms with van der Waals surface area (Å²) in [6, 6.07) is 6.48. The van der Waals surface area contributed by atoms with Crippen LogP contribution in [0.3, 0.4) is 0 Å². The van der Waals surface area contributed by atoms with Gasteiger partial charge in [0.25, 0.3) is 0 Å². The number of morpholine rings is 1. The van der Waals surface area contributed by atoms with Gasteiger partial charge in [0.15, 0.2) is 0 Å². The van der Waals surface area contributed by atoms with Crippen molar-refractivity contribution < 1.29 is 9.47 Å². The Bertz CT molecular complexity index is 472. The van der Waals surface area contributed by atoms with Crippen molar-refractivity contribution in [2.75, 3.05) is 39.5 Å². The number of aryl methyl sites for hydroxylation is 1. The second-order valence-corrected chi connectivity index (χ2v) is 5.58. The highest BCUT2D eigenvalue weighted by molar-refractivity contribution is 5.47. The number of para-hydroxylation sites is 1. The van der Waals surface area contributed by atoms with Gasteiger partial charge in [-0.1, -0.05) is 25.1 Å². The molecule has 3 rings (SSSR count). The third-order valence-electron chi connectivity index (χ3n) is 4.69. The molecule has 1 saturated heterocycles. The summed E-state index contributed by atoms with van der Waals surface area (Å²) >= 11 is 0. The number of hydrogen-bond acceptors (Lipinski definition) is 4. The third-order valence-corrected chi connectivity index (χ3v) is 4.69. The zero-order chi connectivity index (χ0) is 14.0. The molecule has 110 valence electrons. The van der Waals surface area contributed by atoms with E-state index in [-0.39, 0.29) is 5.54 Å². The van der Waals surface area contributed by atoms with E-state index in [2.05, 4.69) is 30.0 Å². The minimum atomic E-state index is -0.0808. The van der Waals surface area contributed by atoms with Crippen LogP contribution in [0.2, 0.25) is 0 Å². The third kappa shape index (κ3) is 2.12. The van der Waals surface area contributed by atoms with Crippen LogP contribution in [-0.2, 0) is 16.7 Å². The van der Waals surface area contributed by atoms with Gasteiger partial charge in [0.1, 0.15) is 5.75 Å². The number of rotatable bonds is 3. The number of nitrogens with two attached hydrogens (primary N) is 1. The number of ether oxygens (including phenoxy) is 2. The van der Waals surface area contributed by atoms with E-state index in [0.717, 1.165) is 51.5 Å². The van der Waals surface area contributed by atoms with E-state index in [4.69, 9.17) is 15.2 Å². The van der Waals surface area contributed by atoms with Crippen LogP contribution < -0.4 is 10.5 Å². The molecule has 1 fully saturated rings. The maximum absolute atomic E-state index is 6.24. The van der Waals surface area contributed by atoms with E-state index in [1.165, 1.54) is 11.1 Å². The summed E-state index contributed by atoms with van der Waals surface area (Å²) in [6.45, 7) is 7.05. The van der Waals surface area contributed by atoms with Gasteiger partial charge >= 0.3 is 0 Å². The number of hydrogen-bond donors (Lipinski definition) is 1. The smallest absolute Gasteiger partial charge is 0.127 e. The van der Waals surface area contributed by atoms with Gasteiger partial charge in [-0.3, -0.25) is 4.90 Å². The van der Waals surface area contributed by atoms with Crippen LogP contribution in [0, 0.1) is 0 Å². The lowest BCUT2D eigenvalue weighted by atomic mass is 9.81. The molecular weight excluding hydrogens is 252 g/mol. The number of fused-ring (bicyclic) bond motifs is 1. The average Bonchev–Trinajstić information content (AvgIpc) is 2.54. The quantitative estimate of drug-likeness (QED) is 0.909. The highest BCUT2D eigenvalue weighted by Gasteiger charge is 2.42. The Labute approximate surface area is 120 Å². The van der Waals surface area contributed by atoms with Crippen molar-refractivity contribution in [3.05, 3.63) is 29.3 Å². The molecule has 0 aromatic heterocycles. The molecule has 0 spiro atoms. The molecule has 1 atom stereocenters. The SMILES string of the molecule is CCc1cccc2c1OCCC2(CN)N1CCOCC1. The zero-order valence-electron chi connectivity index (χ0n) is 12.2. The van der Waals surface area contributed by atoms with Crippen molar-refractivity contribution >= 4 is 0 Å². The number of benzene rings is 1. The minimum absolute atomic E-state index is 0.0808. The molecule has 4 heteroatoms. The van der Waals surface area contributed by atoms with Crippen LogP contribution >= 0.6 is 0 Å². The van der Waals surface area contributed by atoms with E-state index in [1.807, 2.05) is 0 Å². The first-order valence-electron chi connectivity index (χ1n) is 7.60. The van der Waals surface area contributed by atoms with Crippen LogP contribution in [0.1, 0.15) is 24.5 Å². The summed E-state index contributed by atoms with van der Waals surface area (Å²) in [5.41, 5.74) is 8.71. The molecule has 1 aromatic rings. The van der Waals surface area contributed by atoms with Gasteiger partial charge in [0.05, 0.1) is 25.4 Å². The maximum atomic E-state index is 6.24. The largest absolute Gasteiger partial charge is 0.493 e. The predicted octanol–water partition coefficient (Wildman–Crippen LogP) is 1.52. The highest BCUT2D eigenvalue weighted by atomic mass is 16.5. The van der Waals surface area contributed by atoms with E-state index in [9.17, 15) is 0 Å². The lowest BCUT2D eigenvalue weighted by Gasteiger charge is -2.48. The first kappa shape index (κ1) is 13.9. The molecule has 2 aliphatic rings. The van der Waals surface area contributed by atoms with Crippen molar-refractivity contribution in [2.45, 2.75) is 25.3 Å². The molecule has 0 radical (unpaired) electrons. The Morgan fingerprint density at radius 3 is 2.75 bits per heavy atom. The summed E-state index contributed by atoms with van der Waals surface area (Å²) in [7, 11) is 0. The van der Waals surface area contributed by atoms with Gasteiger partial charge < -0.3 is 15.2 Å². The summed E-state index contributed by atoms with van der Waals surface area (Å²) in [5, 5.41) is 0. The van der Waals surface area contributed by atoms with Crippen molar-refractivity contribution in [1.82, 2.24) is 4.90 Å². The molecule has 0 saturated carbocycles. The molecule has 4 nitrogen and oxygen atoms in total. The van der Waals surface area contributed by atoms with E-state index >= 15 is 0 Å². The molecule has 0 bridgehead atoms. The van der Waals surface area contributed by atoms with E-state index in [0.29, 0.717) is 6.54 Å². The summed E-state index contributed by atoms with van der Waals surface area (Å²) < 4.78 is 11.5. The van der Waals surface area contributed by atoms with Crippen LogP contribution in [0.5, 0.6) is 5.75 Å². The lowest BCUT2D eigenvalue weighted by molar-refractivity contribution is -0.0366. The van der Waals surface area contributed by atoms with E-state index < -0.39 is 0 Å². The van der Waals surface area contributed by atoms with Gasteiger partial charge in [-0.2, -0.15) is 0 Å². The Balaban J connectivity index is 2.05. The first-order chi connectivity index (χ1) is 9.81. The van der Waals surface area contributed by atoms with Crippen LogP contribution in [0.15, 0.2) is 18.2 Å². The van der Waals surface area contributed by atoms with E-state index in [1.54, 1.807) is 0 Å². The van der Waals surface area contributed by atoms with Crippen molar-refractivity contribution in [1.29, 1.82) is 0 Å². The molecule has 2 aliphatic heterocycles. The number of nitrogens with zero attached hydrogens (tertiary/aromatic N) is 1. The van der Waals surface area contributed by atoms with Crippen molar-refractivity contribution in [3.8, 4) is 5.75 Å². The standard InChI is InChI=1S/C16H24N2O2/c1-2-13-4-3-5-14-15(13)20-9-6-16(14,12-17)18-7-10-19-11-8-18/h3-5H,2,6-12,17H2,1H3. The Morgan fingerprint density at radius 2 is 2.05 bits per heavy atom. The van der Waals surface area contributed by atoms with Gasteiger partial charge in [-0.15, -0.1) is 0 Å². The first-order valence-corrected chi connectivity index (χ1v) is 7.60. The second-order valence-electron chi connectivity index (χ2n) is 5.58. The minimum Gasteiger partial charge on any atom is -0.493 e. The zero-order valence-corrected chi connectivity index (χ0v) is 12.2. The average molecular weight is 276 g/mol. The second kappa shape index (κ2) is 5.72. The molecule has 1 unspecified atom stereocenters. The fourth-order valence-corrected chi connectivity index (χ4v) is 3.52. The monoisotopic (exact) mass is 276 g/mol. The summed E-state index contributed by atoms with van der Waals surface area (Å²) in [5.74, 6) is 1.07.